The Morgan fingerprint density at radius 1 is 1.04 bits per heavy atom. The SMILES string of the molecule is COc1cccc(N2CCN(CCCC(=O)c3ccc(C)cc3)CC2)c1. The second-order valence-electron chi connectivity index (χ2n) is 6.92. The first-order valence-electron chi connectivity index (χ1n) is 9.37. The number of Topliss-reactive ketones (excluding diaryl/α,β-unsaturated/α-hetero) is 1. The van der Waals surface area contributed by atoms with Gasteiger partial charge in [-0.15, -0.1) is 0 Å². The minimum atomic E-state index is 0.250. The van der Waals surface area contributed by atoms with Gasteiger partial charge in [-0.05, 0) is 32.0 Å². The molecule has 1 saturated heterocycles. The summed E-state index contributed by atoms with van der Waals surface area (Å²) < 4.78 is 5.32. The first-order valence-corrected chi connectivity index (χ1v) is 9.37. The van der Waals surface area contributed by atoms with Crippen molar-refractivity contribution in [3.8, 4) is 5.75 Å². The maximum absolute atomic E-state index is 12.3. The van der Waals surface area contributed by atoms with Crippen LogP contribution in [-0.2, 0) is 0 Å². The average molecular weight is 352 g/mol. The van der Waals surface area contributed by atoms with Crippen molar-refractivity contribution in [3.05, 3.63) is 59.7 Å². The molecule has 1 aliphatic heterocycles. The molecule has 2 aromatic carbocycles. The molecule has 0 bridgehead atoms. The monoisotopic (exact) mass is 352 g/mol. The maximum Gasteiger partial charge on any atom is 0.162 e. The van der Waals surface area contributed by atoms with Crippen LogP contribution >= 0.6 is 0 Å². The van der Waals surface area contributed by atoms with Crippen LogP contribution in [0.15, 0.2) is 48.5 Å². The molecule has 2 aromatic rings. The molecule has 0 N–H and O–H groups in total. The standard InChI is InChI=1S/C22H28N2O2/c1-18-8-10-19(11-9-18)22(25)7-4-12-23-13-15-24(16-14-23)20-5-3-6-21(17-20)26-2/h3,5-6,8-11,17H,4,7,12-16H2,1-2H3. The fraction of sp³-hybridized carbons (Fsp3) is 0.409. The highest BCUT2D eigenvalue weighted by Gasteiger charge is 2.17. The van der Waals surface area contributed by atoms with Crippen LogP contribution in [0.5, 0.6) is 5.75 Å². The number of carbonyl (C=O) groups is 1. The van der Waals surface area contributed by atoms with E-state index in [9.17, 15) is 4.79 Å². The van der Waals surface area contributed by atoms with E-state index in [1.165, 1.54) is 11.3 Å². The highest BCUT2D eigenvalue weighted by molar-refractivity contribution is 5.96. The summed E-state index contributed by atoms with van der Waals surface area (Å²) in [7, 11) is 1.70. The molecule has 4 heteroatoms. The summed E-state index contributed by atoms with van der Waals surface area (Å²) in [5, 5.41) is 0. The molecular weight excluding hydrogens is 324 g/mol. The molecule has 0 atom stereocenters. The Bertz CT molecular complexity index is 719. The minimum absolute atomic E-state index is 0.250. The van der Waals surface area contributed by atoms with Crippen LogP contribution in [-0.4, -0.2) is 50.5 Å². The number of aryl methyl sites for hydroxylation is 1. The zero-order valence-corrected chi connectivity index (χ0v) is 15.8. The van der Waals surface area contributed by atoms with Gasteiger partial charge in [-0.3, -0.25) is 9.69 Å². The summed E-state index contributed by atoms with van der Waals surface area (Å²) >= 11 is 0. The van der Waals surface area contributed by atoms with Gasteiger partial charge >= 0.3 is 0 Å². The lowest BCUT2D eigenvalue weighted by Crippen LogP contribution is -2.46. The fourth-order valence-electron chi connectivity index (χ4n) is 3.38. The van der Waals surface area contributed by atoms with E-state index in [-0.39, 0.29) is 5.78 Å². The molecule has 0 aromatic heterocycles. The van der Waals surface area contributed by atoms with Crippen molar-refractivity contribution in [3.63, 3.8) is 0 Å². The lowest BCUT2D eigenvalue weighted by molar-refractivity contribution is 0.0974. The third kappa shape index (κ3) is 4.85. The van der Waals surface area contributed by atoms with Gasteiger partial charge in [0.15, 0.2) is 5.78 Å². The van der Waals surface area contributed by atoms with Crippen molar-refractivity contribution < 1.29 is 9.53 Å². The van der Waals surface area contributed by atoms with Gasteiger partial charge < -0.3 is 9.64 Å². The number of hydrogen-bond donors (Lipinski definition) is 0. The predicted molar refractivity (Wildman–Crippen MR) is 106 cm³/mol. The minimum Gasteiger partial charge on any atom is -0.497 e. The number of rotatable bonds is 7. The van der Waals surface area contributed by atoms with Gasteiger partial charge in [0, 0.05) is 49.9 Å². The van der Waals surface area contributed by atoms with Crippen LogP contribution < -0.4 is 9.64 Å². The first kappa shape index (κ1) is 18.5. The molecule has 26 heavy (non-hydrogen) atoms. The quantitative estimate of drug-likeness (QED) is 0.710. The number of methoxy groups -OCH3 is 1. The van der Waals surface area contributed by atoms with E-state index < -0.39 is 0 Å². The van der Waals surface area contributed by atoms with E-state index >= 15 is 0 Å². The predicted octanol–water partition coefficient (Wildman–Crippen LogP) is 3.79. The van der Waals surface area contributed by atoms with Crippen molar-refractivity contribution >= 4 is 11.5 Å². The van der Waals surface area contributed by atoms with E-state index in [1.807, 2.05) is 43.3 Å². The van der Waals surface area contributed by atoms with Gasteiger partial charge in [-0.2, -0.15) is 0 Å². The molecule has 1 heterocycles. The Balaban J connectivity index is 1.41. The number of benzene rings is 2. The second kappa shape index (κ2) is 8.86. The highest BCUT2D eigenvalue weighted by atomic mass is 16.5. The lowest BCUT2D eigenvalue weighted by Gasteiger charge is -2.36. The Labute approximate surface area is 156 Å². The molecule has 0 saturated carbocycles. The zero-order chi connectivity index (χ0) is 18.4. The van der Waals surface area contributed by atoms with Crippen molar-refractivity contribution in [1.29, 1.82) is 0 Å². The fourth-order valence-corrected chi connectivity index (χ4v) is 3.38. The zero-order valence-electron chi connectivity index (χ0n) is 15.8. The summed E-state index contributed by atoms with van der Waals surface area (Å²) in [6.45, 7) is 7.13. The van der Waals surface area contributed by atoms with Gasteiger partial charge in [0.2, 0.25) is 0 Å². The van der Waals surface area contributed by atoms with E-state index in [2.05, 4.69) is 21.9 Å². The smallest absolute Gasteiger partial charge is 0.162 e. The maximum atomic E-state index is 12.3. The van der Waals surface area contributed by atoms with Crippen LogP contribution in [0, 0.1) is 6.92 Å². The van der Waals surface area contributed by atoms with Gasteiger partial charge in [0.25, 0.3) is 0 Å². The normalized spacial score (nSPS) is 15.1. The van der Waals surface area contributed by atoms with Crippen molar-refractivity contribution in [2.45, 2.75) is 19.8 Å². The average Bonchev–Trinajstić information content (AvgIpc) is 2.69. The number of nitrogens with zero attached hydrogens (tertiary/aromatic N) is 2. The number of ketones is 1. The molecule has 1 fully saturated rings. The molecular formula is C22H28N2O2. The Morgan fingerprint density at radius 2 is 1.77 bits per heavy atom. The molecule has 0 amide bonds. The molecule has 0 radical (unpaired) electrons. The highest BCUT2D eigenvalue weighted by Crippen LogP contribution is 2.22. The molecule has 0 spiro atoms. The third-order valence-corrected chi connectivity index (χ3v) is 5.04. The molecule has 0 unspecified atom stereocenters. The molecule has 0 aliphatic carbocycles. The number of hydrogen-bond acceptors (Lipinski definition) is 4. The van der Waals surface area contributed by atoms with Crippen LogP contribution in [0.2, 0.25) is 0 Å². The van der Waals surface area contributed by atoms with Crippen LogP contribution in [0.1, 0.15) is 28.8 Å². The number of carbonyl (C=O) groups excluding carboxylic acids is 1. The number of anilines is 1. The van der Waals surface area contributed by atoms with E-state index in [0.29, 0.717) is 6.42 Å². The van der Waals surface area contributed by atoms with Crippen molar-refractivity contribution in [2.24, 2.45) is 0 Å². The Kier molecular flexibility index (Phi) is 6.29. The molecule has 1 aliphatic rings. The summed E-state index contributed by atoms with van der Waals surface area (Å²) in [6.07, 6.45) is 1.55. The van der Waals surface area contributed by atoms with Crippen LogP contribution in [0.25, 0.3) is 0 Å². The largest absolute Gasteiger partial charge is 0.497 e. The van der Waals surface area contributed by atoms with Gasteiger partial charge in [-0.1, -0.05) is 35.9 Å². The third-order valence-electron chi connectivity index (χ3n) is 5.04. The van der Waals surface area contributed by atoms with Crippen LogP contribution in [0.4, 0.5) is 5.69 Å². The summed E-state index contributed by atoms with van der Waals surface area (Å²) in [4.78, 5) is 17.1. The lowest BCUT2D eigenvalue weighted by atomic mass is 10.0. The summed E-state index contributed by atoms with van der Waals surface area (Å²) in [5.41, 5.74) is 3.24. The van der Waals surface area contributed by atoms with Gasteiger partial charge in [-0.25, -0.2) is 0 Å². The van der Waals surface area contributed by atoms with E-state index in [4.69, 9.17) is 4.74 Å². The number of piperazine rings is 1. The first-order chi connectivity index (χ1) is 12.7. The van der Waals surface area contributed by atoms with Crippen molar-refractivity contribution in [2.75, 3.05) is 44.7 Å². The van der Waals surface area contributed by atoms with E-state index in [0.717, 1.165) is 50.5 Å². The molecule has 4 nitrogen and oxygen atoms in total. The topological polar surface area (TPSA) is 32.8 Å². The van der Waals surface area contributed by atoms with Crippen molar-refractivity contribution in [1.82, 2.24) is 4.90 Å². The van der Waals surface area contributed by atoms with E-state index in [1.54, 1.807) is 7.11 Å². The Morgan fingerprint density at radius 3 is 2.46 bits per heavy atom. The Hall–Kier alpha value is -2.33. The second-order valence-corrected chi connectivity index (χ2v) is 6.92. The number of ether oxygens (including phenoxy) is 1. The molecule has 3 rings (SSSR count). The molecule has 138 valence electrons. The summed E-state index contributed by atoms with van der Waals surface area (Å²) in [5.74, 6) is 1.15. The van der Waals surface area contributed by atoms with Gasteiger partial charge in [0.05, 0.1) is 7.11 Å². The summed E-state index contributed by atoms with van der Waals surface area (Å²) in [6, 6.07) is 16.1. The van der Waals surface area contributed by atoms with Crippen LogP contribution in [0.3, 0.4) is 0 Å². The van der Waals surface area contributed by atoms with Gasteiger partial charge in [0.1, 0.15) is 5.75 Å².